The lowest BCUT2D eigenvalue weighted by Crippen LogP contribution is -2.35. The molecule has 1 fully saturated rings. The maximum absolute atomic E-state index is 11.6. The number of rotatable bonds is 4. The number of hydrogen-bond acceptors (Lipinski definition) is 6. The van der Waals surface area contributed by atoms with E-state index in [1.165, 1.54) is 25.2 Å². The number of anilines is 2. The first-order chi connectivity index (χ1) is 9.81. The summed E-state index contributed by atoms with van der Waals surface area (Å²) in [6.45, 7) is 4.11. The summed E-state index contributed by atoms with van der Waals surface area (Å²) >= 11 is 1.18. The number of carbonyl (C=O) groups excluding carboxylic acids is 3. The summed E-state index contributed by atoms with van der Waals surface area (Å²) in [4.78, 5) is 36.6. The molecular weight excluding hydrogens is 292 g/mol. The largest absolute Gasteiger partial charge is 0.397 e. The van der Waals surface area contributed by atoms with Crippen LogP contribution in [0.15, 0.2) is 0 Å². The van der Waals surface area contributed by atoms with E-state index in [1.54, 1.807) is 0 Å². The second-order valence-corrected chi connectivity index (χ2v) is 6.08. The molecule has 8 heteroatoms. The summed E-state index contributed by atoms with van der Waals surface area (Å²) in [6, 6.07) is 0.0207. The van der Waals surface area contributed by atoms with Crippen LogP contribution < -0.4 is 21.7 Å². The Kier molecular flexibility index (Phi) is 4.17. The molecule has 1 aromatic rings. The van der Waals surface area contributed by atoms with Crippen LogP contribution in [-0.2, 0) is 4.79 Å². The van der Waals surface area contributed by atoms with E-state index in [4.69, 9.17) is 11.5 Å². The van der Waals surface area contributed by atoms with E-state index in [2.05, 4.69) is 5.32 Å². The molecule has 0 aliphatic carbocycles. The Morgan fingerprint density at radius 3 is 2.52 bits per heavy atom. The van der Waals surface area contributed by atoms with Crippen molar-refractivity contribution in [3.8, 4) is 0 Å². The molecule has 7 nitrogen and oxygen atoms in total. The number of Topliss-reactive ketones (excluding diaryl/α,β-unsaturated/α-hetero) is 1. The first-order valence-corrected chi connectivity index (χ1v) is 7.38. The summed E-state index contributed by atoms with van der Waals surface area (Å²) in [5.74, 6) is -0.926. The third-order valence-corrected chi connectivity index (χ3v) is 4.74. The molecule has 1 unspecified atom stereocenters. The number of thiophene rings is 1. The number of primary amides is 1. The summed E-state index contributed by atoms with van der Waals surface area (Å²) in [6.07, 6.45) is 0.769. The molecule has 1 aromatic heterocycles. The molecule has 1 aliphatic rings. The zero-order chi connectivity index (χ0) is 15.7. The molecule has 1 aliphatic heterocycles. The lowest BCUT2D eigenvalue weighted by molar-refractivity contribution is -0.119. The average molecular weight is 310 g/mol. The predicted octanol–water partition coefficient (Wildman–Crippen LogP) is 0.347. The van der Waals surface area contributed by atoms with E-state index in [9.17, 15) is 14.4 Å². The number of nitrogens with two attached hydrogens (primary N) is 2. The lowest BCUT2D eigenvalue weighted by Gasteiger charge is -2.18. The predicted molar refractivity (Wildman–Crippen MR) is 81.7 cm³/mol. The van der Waals surface area contributed by atoms with E-state index in [0.29, 0.717) is 23.0 Å². The molecule has 0 aromatic carbocycles. The van der Waals surface area contributed by atoms with Crippen molar-refractivity contribution in [3.63, 3.8) is 0 Å². The van der Waals surface area contributed by atoms with Crippen molar-refractivity contribution >= 4 is 39.6 Å². The first-order valence-electron chi connectivity index (χ1n) is 6.56. The molecule has 21 heavy (non-hydrogen) atoms. The number of nitrogens with zero attached hydrogens (tertiary/aromatic N) is 1. The SMILES string of the molecule is CC(=O)NC1CCN(c2sc(C(C)=O)c(N)c2C(N)=O)C1. The second kappa shape index (κ2) is 5.72. The number of ketones is 1. The maximum Gasteiger partial charge on any atom is 0.253 e. The van der Waals surface area contributed by atoms with Crippen LogP contribution in [-0.4, -0.2) is 36.7 Å². The van der Waals surface area contributed by atoms with Crippen LogP contribution in [0.1, 0.15) is 40.3 Å². The Labute approximate surface area is 126 Å². The number of carbonyl (C=O) groups is 3. The zero-order valence-electron chi connectivity index (χ0n) is 11.9. The van der Waals surface area contributed by atoms with Gasteiger partial charge < -0.3 is 21.7 Å². The van der Waals surface area contributed by atoms with Gasteiger partial charge in [0.05, 0.1) is 16.1 Å². The monoisotopic (exact) mass is 310 g/mol. The Balaban J connectivity index is 2.32. The van der Waals surface area contributed by atoms with Gasteiger partial charge in [-0.25, -0.2) is 0 Å². The van der Waals surface area contributed by atoms with Crippen LogP contribution >= 0.6 is 11.3 Å². The highest BCUT2D eigenvalue weighted by Gasteiger charge is 2.30. The van der Waals surface area contributed by atoms with E-state index < -0.39 is 5.91 Å². The fraction of sp³-hybridized carbons (Fsp3) is 0.462. The maximum atomic E-state index is 11.6. The summed E-state index contributed by atoms with van der Waals surface area (Å²) in [5, 5.41) is 3.45. The first kappa shape index (κ1) is 15.3. The quantitative estimate of drug-likeness (QED) is 0.693. The van der Waals surface area contributed by atoms with Gasteiger partial charge in [-0.1, -0.05) is 0 Å². The lowest BCUT2D eigenvalue weighted by atomic mass is 10.2. The summed E-state index contributed by atoms with van der Waals surface area (Å²) < 4.78 is 0. The smallest absolute Gasteiger partial charge is 0.253 e. The second-order valence-electron chi connectivity index (χ2n) is 5.08. The van der Waals surface area contributed by atoms with Crippen molar-refractivity contribution in [1.82, 2.24) is 5.32 Å². The van der Waals surface area contributed by atoms with Gasteiger partial charge in [0.25, 0.3) is 5.91 Å². The Morgan fingerprint density at radius 1 is 1.33 bits per heavy atom. The standard InChI is InChI=1S/C13H18N4O3S/c1-6(18)11-10(14)9(12(15)20)13(21-11)17-4-3-8(5-17)16-7(2)19/h8H,3-5,14H2,1-2H3,(H2,15,20)(H,16,19). The van der Waals surface area contributed by atoms with Gasteiger partial charge in [-0.2, -0.15) is 0 Å². The van der Waals surface area contributed by atoms with Crippen LogP contribution in [0.2, 0.25) is 0 Å². The van der Waals surface area contributed by atoms with E-state index in [0.717, 1.165) is 6.42 Å². The molecule has 0 saturated carbocycles. The van der Waals surface area contributed by atoms with Crippen molar-refractivity contribution in [2.75, 3.05) is 23.7 Å². The van der Waals surface area contributed by atoms with Crippen LogP contribution in [0, 0.1) is 0 Å². The third-order valence-electron chi connectivity index (χ3n) is 3.38. The molecule has 0 bridgehead atoms. The highest BCUT2D eigenvalue weighted by atomic mass is 32.1. The van der Waals surface area contributed by atoms with Crippen molar-refractivity contribution in [3.05, 3.63) is 10.4 Å². The van der Waals surface area contributed by atoms with Crippen LogP contribution in [0.3, 0.4) is 0 Å². The molecule has 2 amide bonds. The molecule has 114 valence electrons. The van der Waals surface area contributed by atoms with Crippen LogP contribution in [0.4, 0.5) is 10.7 Å². The minimum atomic E-state index is -0.644. The zero-order valence-corrected chi connectivity index (χ0v) is 12.8. The molecular formula is C13H18N4O3S. The Morgan fingerprint density at radius 2 is 2.00 bits per heavy atom. The van der Waals surface area contributed by atoms with Crippen molar-refractivity contribution in [2.45, 2.75) is 26.3 Å². The van der Waals surface area contributed by atoms with Gasteiger partial charge in [0.15, 0.2) is 5.78 Å². The number of amides is 2. The minimum absolute atomic E-state index is 0.0207. The van der Waals surface area contributed by atoms with Gasteiger partial charge in [0.2, 0.25) is 5.91 Å². The van der Waals surface area contributed by atoms with Crippen LogP contribution in [0.25, 0.3) is 0 Å². The summed E-state index contributed by atoms with van der Waals surface area (Å²) in [7, 11) is 0. The molecule has 0 radical (unpaired) electrons. The molecule has 2 rings (SSSR count). The molecule has 1 atom stereocenters. The van der Waals surface area contributed by atoms with Gasteiger partial charge in [-0.15, -0.1) is 11.3 Å². The normalized spacial score (nSPS) is 17.8. The van der Waals surface area contributed by atoms with Crippen molar-refractivity contribution in [2.24, 2.45) is 5.73 Å². The van der Waals surface area contributed by atoms with Crippen molar-refractivity contribution < 1.29 is 14.4 Å². The van der Waals surface area contributed by atoms with E-state index in [1.807, 2.05) is 4.90 Å². The van der Waals surface area contributed by atoms with Crippen LogP contribution in [0.5, 0.6) is 0 Å². The fourth-order valence-corrected chi connectivity index (χ4v) is 3.66. The fourth-order valence-electron chi connectivity index (χ4n) is 2.50. The third kappa shape index (κ3) is 2.99. The van der Waals surface area contributed by atoms with Crippen molar-refractivity contribution in [1.29, 1.82) is 0 Å². The number of hydrogen-bond donors (Lipinski definition) is 3. The van der Waals surface area contributed by atoms with Gasteiger partial charge in [-0.05, 0) is 6.42 Å². The number of nitrogen functional groups attached to an aromatic ring is 1. The van der Waals surface area contributed by atoms with E-state index in [-0.39, 0.29) is 29.0 Å². The van der Waals surface area contributed by atoms with Gasteiger partial charge in [0.1, 0.15) is 5.00 Å². The topological polar surface area (TPSA) is 119 Å². The Bertz CT molecular complexity index is 611. The van der Waals surface area contributed by atoms with Gasteiger partial charge >= 0.3 is 0 Å². The van der Waals surface area contributed by atoms with E-state index >= 15 is 0 Å². The molecule has 2 heterocycles. The molecule has 5 N–H and O–H groups in total. The van der Waals surface area contributed by atoms with Gasteiger partial charge in [0, 0.05) is 33.0 Å². The highest BCUT2D eigenvalue weighted by molar-refractivity contribution is 7.19. The average Bonchev–Trinajstić information content (AvgIpc) is 2.92. The molecule has 1 saturated heterocycles. The van der Waals surface area contributed by atoms with Gasteiger partial charge in [-0.3, -0.25) is 14.4 Å². The molecule has 0 spiro atoms. The minimum Gasteiger partial charge on any atom is -0.397 e. The Hall–Kier alpha value is -2.09. The highest BCUT2D eigenvalue weighted by Crippen LogP contribution is 2.39. The number of nitrogens with one attached hydrogen (secondary N) is 1. The summed E-state index contributed by atoms with van der Waals surface area (Å²) in [5.41, 5.74) is 11.6.